The highest BCUT2D eigenvalue weighted by molar-refractivity contribution is 5.69. The summed E-state index contributed by atoms with van der Waals surface area (Å²) in [4.78, 5) is 40.2. The Morgan fingerprint density at radius 1 is 0.686 bits per heavy atom. The average molecular weight is 498 g/mol. The van der Waals surface area contributed by atoms with Crippen LogP contribution in [0.25, 0.3) is 0 Å². The number of alkyl carbamates (subject to hydrolysis) is 1. The Bertz CT molecular complexity index is 711. The van der Waals surface area contributed by atoms with Gasteiger partial charge < -0.3 is 29.3 Å². The van der Waals surface area contributed by atoms with Gasteiger partial charge in [0.15, 0.2) is 0 Å². The molecule has 202 valence electrons. The quantitative estimate of drug-likeness (QED) is 0.240. The molecule has 9 heteroatoms. The summed E-state index contributed by atoms with van der Waals surface area (Å²) >= 11 is 0. The number of hydrogen-bond acceptors (Lipinski definition) is 6. The van der Waals surface area contributed by atoms with Crippen molar-refractivity contribution >= 4 is 18.3 Å². The lowest BCUT2D eigenvalue weighted by Crippen LogP contribution is -2.41. The molecule has 0 aliphatic carbocycles. The number of nitrogens with zero attached hydrogens (tertiary/aromatic N) is 2. The third-order valence-electron chi connectivity index (χ3n) is 4.21. The minimum Gasteiger partial charge on any atom is -0.444 e. The van der Waals surface area contributed by atoms with E-state index in [1.807, 2.05) is 62.3 Å². The molecule has 0 rings (SSSR count). The van der Waals surface area contributed by atoms with Gasteiger partial charge in [-0.05, 0) is 81.6 Å². The number of carbonyl (C=O) groups excluding carboxylic acids is 3. The van der Waals surface area contributed by atoms with Crippen molar-refractivity contribution in [2.75, 3.05) is 32.7 Å². The third-order valence-corrected chi connectivity index (χ3v) is 4.21. The van der Waals surface area contributed by atoms with E-state index in [4.69, 9.17) is 20.6 Å². The monoisotopic (exact) mass is 497 g/mol. The molecule has 0 saturated carbocycles. The highest BCUT2D eigenvalue weighted by atomic mass is 16.6. The summed E-state index contributed by atoms with van der Waals surface area (Å²) in [5, 5.41) is 2.72. The SMILES string of the molecule is C#CCCN(CCCN(CCCCNC(=O)OC(C)(C)C)C(=O)OC(C)(C)C)C(=O)OC(C)(C)C. The molecule has 0 aliphatic heterocycles. The van der Waals surface area contributed by atoms with Gasteiger partial charge in [-0.25, -0.2) is 14.4 Å². The van der Waals surface area contributed by atoms with Crippen LogP contribution in [-0.2, 0) is 14.2 Å². The Labute approximate surface area is 212 Å². The Hall–Kier alpha value is -2.63. The van der Waals surface area contributed by atoms with Gasteiger partial charge in [0.05, 0.1) is 0 Å². The molecule has 0 spiro atoms. The van der Waals surface area contributed by atoms with Gasteiger partial charge in [-0.2, -0.15) is 0 Å². The molecule has 3 amide bonds. The van der Waals surface area contributed by atoms with Crippen molar-refractivity contribution in [3.63, 3.8) is 0 Å². The molecular formula is C26H47N3O6. The Kier molecular flexibility index (Phi) is 13.6. The molecule has 1 N–H and O–H groups in total. The lowest BCUT2D eigenvalue weighted by atomic mass is 10.2. The van der Waals surface area contributed by atoms with E-state index < -0.39 is 35.1 Å². The number of ether oxygens (including phenoxy) is 3. The fourth-order valence-corrected chi connectivity index (χ4v) is 2.83. The summed E-state index contributed by atoms with van der Waals surface area (Å²) in [6.07, 6.45) is 6.37. The summed E-state index contributed by atoms with van der Waals surface area (Å²) in [7, 11) is 0. The van der Waals surface area contributed by atoms with Gasteiger partial charge in [0.1, 0.15) is 16.8 Å². The van der Waals surface area contributed by atoms with E-state index >= 15 is 0 Å². The molecular weight excluding hydrogens is 450 g/mol. The largest absolute Gasteiger partial charge is 0.444 e. The zero-order valence-electron chi connectivity index (χ0n) is 23.3. The van der Waals surface area contributed by atoms with Crippen molar-refractivity contribution in [2.24, 2.45) is 0 Å². The normalized spacial score (nSPS) is 11.8. The summed E-state index contributed by atoms with van der Waals surface area (Å²) in [5.74, 6) is 2.55. The number of carbonyl (C=O) groups is 3. The standard InChI is InChI=1S/C26H47N3O6/c1-11-12-17-28(22(31)34-25(5,6)7)19-15-20-29(23(32)35-26(8,9)10)18-14-13-16-27-21(30)33-24(2,3)4/h1H,12-20H2,2-10H3,(H,27,30). The van der Waals surface area contributed by atoms with E-state index in [0.29, 0.717) is 58.4 Å². The van der Waals surface area contributed by atoms with Crippen molar-refractivity contribution in [3.05, 3.63) is 0 Å². The van der Waals surface area contributed by atoms with Gasteiger partial charge in [-0.15, -0.1) is 12.3 Å². The van der Waals surface area contributed by atoms with E-state index in [0.717, 1.165) is 0 Å². The minimum absolute atomic E-state index is 0.383. The molecule has 9 nitrogen and oxygen atoms in total. The fraction of sp³-hybridized carbons (Fsp3) is 0.808. The van der Waals surface area contributed by atoms with Gasteiger partial charge in [-0.3, -0.25) is 0 Å². The number of hydrogen-bond donors (Lipinski definition) is 1. The highest BCUT2D eigenvalue weighted by Gasteiger charge is 2.24. The maximum atomic E-state index is 12.7. The minimum atomic E-state index is -0.622. The molecule has 0 atom stereocenters. The smallest absolute Gasteiger partial charge is 0.410 e. The van der Waals surface area contributed by atoms with E-state index in [1.54, 1.807) is 9.80 Å². The molecule has 0 radical (unpaired) electrons. The summed E-state index contributed by atoms with van der Waals surface area (Å²) in [6.45, 7) is 18.4. The number of unbranched alkanes of at least 4 members (excludes halogenated alkanes) is 1. The highest BCUT2D eigenvalue weighted by Crippen LogP contribution is 2.13. The average Bonchev–Trinajstić information content (AvgIpc) is 2.64. The number of nitrogens with one attached hydrogen (secondary N) is 1. The molecule has 0 saturated heterocycles. The van der Waals surface area contributed by atoms with E-state index in [1.165, 1.54) is 0 Å². The van der Waals surface area contributed by atoms with E-state index in [2.05, 4.69) is 11.2 Å². The molecule has 0 aromatic heterocycles. The first-order valence-corrected chi connectivity index (χ1v) is 12.3. The van der Waals surface area contributed by atoms with E-state index in [9.17, 15) is 14.4 Å². The lowest BCUT2D eigenvalue weighted by molar-refractivity contribution is 0.0204. The van der Waals surface area contributed by atoms with Crippen LogP contribution in [-0.4, -0.2) is 77.6 Å². The van der Waals surface area contributed by atoms with E-state index in [-0.39, 0.29) is 0 Å². The molecule has 0 aromatic carbocycles. The number of terminal acetylenes is 1. The molecule has 0 aromatic rings. The third kappa shape index (κ3) is 18.4. The molecule has 0 unspecified atom stereocenters. The molecule has 0 fully saturated rings. The Morgan fingerprint density at radius 3 is 1.54 bits per heavy atom. The van der Waals surface area contributed by atoms with Crippen LogP contribution in [0.4, 0.5) is 14.4 Å². The Balaban J connectivity index is 4.88. The van der Waals surface area contributed by atoms with Crippen LogP contribution in [0.3, 0.4) is 0 Å². The van der Waals surface area contributed by atoms with Crippen LogP contribution in [0.1, 0.15) is 88.0 Å². The van der Waals surface area contributed by atoms with Crippen molar-refractivity contribution in [1.82, 2.24) is 15.1 Å². The number of amides is 3. The summed E-state index contributed by atoms with van der Waals surface area (Å²) < 4.78 is 16.3. The summed E-state index contributed by atoms with van der Waals surface area (Å²) in [5.41, 5.74) is -1.78. The second-order valence-corrected chi connectivity index (χ2v) is 11.4. The lowest BCUT2D eigenvalue weighted by Gasteiger charge is -2.29. The first-order valence-electron chi connectivity index (χ1n) is 12.3. The predicted octanol–water partition coefficient (Wildman–Crippen LogP) is 5.18. The van der Waals surface area contributed by atoms with Crippen molar-refractivity contribution in [3.8, 4) is 12.3 Å². The van der Waals surface area contributed by atoms with Gasteiger partial charge in [0, 0.05) is 39.1 Å². The Morgan fingerprint density at radius 2 is 1.11 bits per heavy atom. The van der Waals surface area contributed by atoms with Crippen molar-refractivity contribution in [2.45, 2.75) is 105 Å². The van der Waals surface area contributed by atoms with Crippen LogP contribution in [0.15, 0.2) is 0 Å². The first-order chi connectivity index (χ1) is 15.9. The van der Waals surface area contributed by atoms with Crippen LogP contribution >= 0.6 is 0 Å². The van der Waals surface area contributed by atoms with Crippen LogP contribution in [0.2, 0.25) is 0 Å². The molecule has 0 aliphatic rings. The van der Waals surface area contributed by atoms with Gasteiger partial charge in [0.2, 0.25) is 0 Å². The first kappa shape index (κ1) is 32.4. The molecule has 35 heavy (non-hydrogen) atoms. The predicted molar refractivity (Wildman–Crippen MR) is 137 cm³/mol. The zero-order valence-corrected chi connectivity index (χ0v) is 23.3. The maximum absolute atomic E-state index is 12.7. The van der Waals surface area contributed by atoms with Gasteiger partial charge in [0.25, 0.3) is 0 Å². The van der Waals surface area contributed by atoms with Crippen molar-refractivity contribution in [1.29, 1.82) is 0 Å². The zero-order chi connectivity index (χ0) is 27.3. The second-order valence-electron chi connectivity index (χ2n) is 11.4. The number of rotatable bonds is 11. The molecule has 0 heterocycles. The van der Waals surface area contributed by atoms with Crippen LogP contribution in [0, 0.1) is 12.3 Å². The van der Waals surface area contributed by atoms with Crippen molar-refractivity contribution < 1.29 is 28.6 Å². The van der Waals surface area contributed by atoms with Crippen LogP contribution in [0.5, 0.6) is 0 Å². The van der Waals surface area contributed by atoms with Gasteiger partial charge >= 0.3 is 18.3 Å². The second kappa shape index (κ2) is 14.7. The fourth-order valence-electron chi connectivity index (χ4n) is 2.83. The maximum Gasteiger partial charge on any atom is 0.410 e. The van der Waals surface area contributed by atoms with Gasteiger partial charge in [-0.1, -0.05) is 0 Å². The van der Waals surface area contributed by atoms with Crippen LogP contribution < -0.4 is 5.32 Å². The summed E-state index contributed by atoms with van der Waals surface area (Å²) in [6, 6.07) is 0. The molecule has 0 bridgehead atoms. The topological polar surface area (TPSA) is 97.4 Å².